The van der Waals surface area contributed by atoms with Gasteiger partial charge in [-0.15, -0.1) is 0 Å². The lowest BCUT2D eigenvalue weighted by Gasteiger charge is -2.43. The van der Waals surface area contributed by atoms with Gasteiger partial charge in [-0.3, -0.25) is 14.8 Å². The Hall–Kier alpha value is -2.54. The van der Waals surface area contributed by atoms with E-state index in [1.807, 2.05) is 4.90 Å². The fraction of sp³-hybridized carbons (Fsp3) is 0.474. The van der Waals surface area contributed by atoms with Crippen LogP contribution in [0.1, 0.15) is 23.3 Å². The van der Waals surface area contributed by atoms with Crippen molar-refractivity contribution in [2.45, 2.75) is 18.9 Å². The number of hydrogen-bond donors (Lipinski definition) is 2. The molecule has 0 radical (unpaired) electrons. The van der Waals surface area contributed by atoms with E-state index in [1.54, 1.807) is 6.07 Å². The largest absolute Gasteiger partial charge is 0.382 e. The summed E-state index contributed by atoms with van der Waals surface area (Å²) in [5.41, 5.74) is 7.40. The highest BCUT2D eigenvalue weighted by molar-refractivity contribution is 5.93. The molecule has 3 heterocycles. The number of carbonyl (C=O) groups is 1. The normalized spacial score (nSPS) is 21.8. The summed E-state index contributed by atoms with van der Waals surface area (Å²) in [6.45, 7) is 5.73. The molecule has 0 saturated carbocycles. The molecule has 2 aromatic rings. The molecule has 2 aliphatic rings. The number of likely N-dealkylation sites (tertiary alicyclic amines) is 1. The number of rotatable bonds is 3. The van der Waals surface area contributed by atoms with Crippen LogP contribution < -0.4 is 10.6 Å². The van der Waals surface area contributed by atoms with Gasteiger partial charge in [0.15, 0.2) is 0 Å². The van der Waals surface area contributed by atoms with Gasteiger partial charge >= 0.3 is 0 Å². The highest BCUT2D eigenvalue weighted by Crippen LogP contribution is 2.21. The third kappa shape index (κ3) is 3.53. The number of nitrogens with two attached hydrogens (primary N) is 1. The van der Waals surface area contributed by atoms with Gasteiger partial charge in [-0.1, -0.05) is 18.2 Å². The summed E-state index contributed by atoms with van der Waals surface area (Å²) in [6, 6.07) is 12.6. The maximum Gasteiger partial charge on any atom is 0.271 e. The summed E-state index contributed by atoms with van der Waals surface area (Å²) in [5.74, 6) is 0.362. The first-order valence-corrected chi connectivity index (χ1v) is 9.35. The van der Waals surface area contributed by atoms with E-state index in [0.29, 0.717) is 17.6 Å². The number of piperidine rings is 1. The predicted octanol–water partition coefficient (Wildman–Crippen LogP) is 1.42. The number of hydrogen-bond acceptors (Lipinski definition) is 5. The second-order valence-electron chi connectivity index (χ2n) is 7.11. The molecule has 2 saturated heterocycles. The van der Waals surface area contributed by atoms with Gasteiger partial charge in [0, 0.05) is 57.1 Å². The van der Waals surface area contributed by atoms with E-state index in [9.17, 15) is 4.79 Å². The first kappa shape index (κ1) is 16.9. The molecule has 4 rings (SSSR count). The molecule has 0 bridgehead atoms. The van der Waals surface area contributed by atoms with Crippen molar-refractivity contribution < 1.29 is 4.79 Å². The van der Waals surface area contributed by atoms with Crippen molar-refractivity contribution in [1.29, 1.82) is 0 Å². The molecule has 1 aromatic heterocycles. The number of carbonyl (C=O) groups excluding carboxylic acids is 1. The lowest BCUT2D eigenvalue weighted by molar-refractivity contribution is 0.0558. The zero-order valence-corrected chi connectivity index (χ0v) is 15.0. The molecule has 2 aliphatic heterocycles. The average Bonchev–Trinajstić information content (AvgIpc) is 3.15. The minimum Gasteiger partial charge on any atom is -0.382 e. The minimum atomic E-state index is 0.00169. The minimum absolute atomic E-state index is 0.00169. The average molecular weight is 354 g/mol. The van der Waals surface area contributed by atoms with Crippen LogP contribution >= 0.6 is 0 Å². The first-order chi connectivity index (χ1) is 12.7. The zero-order chi connectivity index (χ0) is 17.9. The Bertz CT molecular complexity index is 737. The number of para-hydroxylation sites is 1. The van der Waals surface area contributed by atoms with E-state index >= 15 is 0 Å². The Morgan fingerprint density at radius 3 is 2.58 bits per heavy atom. The molecule has 2 fully saturated rings. The molecule has 26 heavy (non-hydrogen) atoms. The molecular formula is C19H26N6O. The van der Waals surface area contributed by atoms with Crippen LogP contribution in [-0.2, 0) is 0 Å². The summed E-state index contributed by atoms with van der Waals surface area (Å²) in [5, 5.41) is 6.60. The van der Waals surface area contributed by atoms with E-state index in [0.717, 1.165) is 52.1 Å². The number of nitrogen functional groups attached to an aromatic ring is 1. The van der Waals surface area contributed by atoms with Crippen molar-refractivity contribution in [1.82, 2.24) is 20.0 Å². The molecule has 0 aliphatic carbocycles. The number of piperazine rings is 1. The number of aromatic nitrogens is 2. The molecule has 7 nitrogen and oxygen atoms in total. The van der Waals surface area contributed by atoms with Crippen LogP contribution in [0.15, 0.2) is 36.4 Å². The maximum atomic E-state index is 12.7. The van der Waals surface area contributed by atoms with Gasteiger partial charge in [0.1, 0.15) is 11.5 Å². The van der Waals surface area contributed by atoms with Crippen LogP contribution in [0.25, 0.3) is 0 Å². The molecule has 1 atom stereocenters. The number of nitrogens with zero attached hydrogens (tertiary/aromatic N) is 4. The number of benzene rings is 1. The summed E-state index contributed by atoms with van der Waals surface area (Å²) >= 11 is 0. The fourth-order valence-electron chi connectivity index (χ4n) is 4.04. The van der Waals surface area contributed by atoms with Crippen LogP contribution in [0.4, 0.5) is 11.5 Å². The third-order valence-electron chi connectivity index (χ3n) is 5.46. The summed E-state index contributed by atoms with van der Waals surface area (Å²) in [6.07, 6.45) is 2.19. The van der Waals surface area contributed by atoms with Crippen molar-refractivity contribution >= 4 is 17.4 Å². The lowest BCUT2D eigenvalue weighted by atomic mass is 10.0. The quantitative estimate of drug-likeness (QED) is 0.871. The van der Waals surface area contributed by atoms with Crippen LogP contribution in [0.5, 0.6) is 0 Å². The Morgan fingerprint density at radius 2 is 1.88 bits per heavy atom. The maximum absolute atomic E-state index is 12.7. The smallest absolute Gasteiger partial charge is 0.271 e. The van der Waals surface area contributed by atoms with Crippen molar-refractivity contribution in [2.24, 2.45) is 0 Å². The Balaban J connectivity index is 1.34. The topological polar surface area (TPSA) is 81.5 Å². The second-order valence-corrected chi connectivity index (χ2v) is 7.11. The molecule has 7 heteroatoms. The number of amides is 1. The lowest BCUT2D eigenvalue weighted by Crippen LogP contribution is -2.55. The van der Waals surface area contributed by atoms with Gasteiger partial charge in [0.25, 0.3) is 5.91 Å². The van der Waals surface area contributed by atoms with E-state index in [-0.39, 0.29) is 5.91 Å². The van der Waals surface area contributed by atoms with Crippen LogP contribution in [0, 0.1) is 0 Å². The number of nitrogens with one attached hydrogen (secondary N) is 1. The molecule has 1 amide bonds. The number of H-pyrrole nitrogens is 1. The predicted molar refractivity (Wildman–Crippen MR) is 102 cm³/mol. The van der Waals surface area contributed by atoms with Gasteiger partial charge in [0.05, 0.1) is 0 Å². The van der Waals surface area contributed by atoms with Gasteiger partial charge in [-0.25, -0.2) is 0 Å². The molecule has 3 N–H and O–H groups in total. The van der Waals surface area contributed by atoms with Gasteiger partial charge in [0.2, 0.25) is 0 Å². The van der Waals surface area contributed by atoms with Crippen molar-refractivity contribution in [3.63, 3.8) is 0 Å². The van der Waals surface area contributed by atoms with Gasteiger partial charge < -0.3 is 15.5 Å². The van der Waals surface area contributed by atoms with Gasteiger partial charge in [-0.2, -0.15) is 5.10 Å². The summed E-state index contributed by atoms with van der Waals surface area (Å²) in [4.78, 5) is 19.6. The number of aromatic amines is 1. The zero-order valence-electron chi connectivity index (χ0n) is 15.0. The van der Waals surface area contributed by atoms with Crippen molar-refractivity contribution in [3.05, 3.63) is 42.1 Å². The molecule has 138 valence electrons. The van der Waals surface area contributed by atoms with Crippen LogP contribution in [-0.4, -0.2) is 71.2 Å². The molecule has 1 unspecified atom stereocenters. The molecular weight excluding hydrogens is 328 g/mol. The summed E-state index contributed by atoms with van der Waals surface area (Å²) < 4.78 is 0. The molecule has 1 aromatic carbocycles. The standard InChI is InChI=1S/C19H26N6O/c20-18-13-17(21-22-18)19(26)25-8-4-7-16(14-25)24-11-9-23(10-12-24)15-5-2-1-3-6-15/h1-3,5-6,13,16H,4,7-12,14H2,(H3,20,21,22). The Kier molecular flexibility index (Phi) is 4.79. The Morgan fingerprint density at radius 1 is 1.12 bits per heavy atom. The fourth-order valence-corrected chi connectivity index (χ4v) is 4.04. The van der Waals surface area contributed by atoms with E-state index in [1.165, 1.54) is 5.69 Å². The van der Waals surface area contributed by atoms with Crippen LogP contribution in [0.3, 0.4) is 0 Å². The van der Waals surface area contributed by atoms with E-state index < -0.39 is 0 Å². The SMILES string of the molecule is Nc1cc(C(=O)N2CCCC(N3CCN(c4ccccc4)CC3)C2)[nH]n1. The number of anilines is 2. The highest BCUT2D eigenvalue weighted by Gasteiger charge is 2.30. The Labute approximate surface area is 153 Å². The van der Waals surface area contributed by atoms with Gasteiger partial charge in [-0.05, 0) is 25.0 Å². The van der Waals surface area contributed by atoms with Crippen LogP contribution in [0.2, 0.25) is 0 Å². The highest BCUT2D eigenvalue weighted by atomic mass is 16.2. The van der Waals surface area contributed by atoms with Crippen molar-refractivity contribution in [3.8, 4) is 0 Å². The molecule has 0 spiro atoms. The monoisotopic (exact) mass is 354 g/mol. The summed E-state index contributed by atoms with van der Waals surface area (Å²) in [7, 11) is 0. The second kappa shape index (κ2) is 7.37. The third-order valence-corrected chi connectivity index (χ3v) is 5.46. The van der Waals surface area contributed by atoms with Crippen molar-refractivity contribution in [2.75, 3.05) is 49.9 Å². The van der Waals surface area contributed by atoms with E-state index in [4.69, 9.17) is 5.73 Å². The first-order valence-electron chi connectivity index (χ1n) is 9.35. The van der Waals surface area contributed by atoms with E-state index in [2.05, 4.69) is 50.3 Å².